The molecule has 0 fully saturated rings. The fourth-order valence-corrected chi connectivity index (χ4v) is 4.84. The van der Waals surface area contributed by atoms with E-state index >= 15 is 0 Å². The smallest absolute Gasteiger partial charge is 0.355 e. The van der Waals surface area contributed by atoms with Gasteiger partial charge >= 0.3 is 11.9 Å². The molecule has 0 aliphatic carbocycles. The molecule has 0 bridgehead atoms. The van der Waals surface area contributed by atoms with Crippen molar-refractivity contribution < 1.29 is 28.6 Å². The first-order chi connectivity index (χ1) is 19.3. The van der Waals surface area contributed by atoms with Crippen molar-refractivity contribution in [2.24, 2.45) is 5.73 Å². The molecule has 40 heavy (non-hydrogen) atoms. The lowest BCUT2D eigenvalue weighted by atomic mass is 9.81. The molecule has 10 heteroatoms. The molecule has 200 valence electrons. The number of nitrogens with two attached hydrogens (primary N) is 1. The van der Waals surface area contributed by atoms with Crippen LogP contribution in [0, 0.1) is 18.3 Å². The van der Waals surface area contributed by atoms with Gasteiger partial charge in [0.25, 0.3) is 5.91 Å². The van der Waals surface area contributed by atoms with Crippen LogP contribution in [0.4, 0.5) is 11.4 Å². The lowest BCUT2D eigenvalue weighted by Crippen LogP contribution is -2.40. The van der Waals surface area contributed by atoms with Crippen LogP contribution in [-0.2, 0) is 19.1 Å². The summed E-state index contributed by atoms with van der Waals surface area (Å²) in [5, 5.41) is 13.1. The number of carbonyl (C=O) groups is 3. The summed E-state index contributed by atoms with van der Waals surface area (Å²) in [6.45, 7) is 1.89. The van der Waals surface area contributed by atoms with Crippen molar-refractivity contribution in [2.45, 2.75) is 12.8 Å². The number of benzene rings is 3. The number of rotatable bonds is 4. The van der Waals surface area contributed by atoms with Gasteiger partial charge in [-0.25, -0.2) is 9.59 Å². The van der Waals surface area contributed by atoms with E-state index in [1.165, 1.54) is 18.1 Å². The van der Waals surface area contributed by atoms with E-state index in [4.69, 9.17) is 19.9 Å². The molecular weight excluding hydrogens is 512 g/mol. The number of nitrogens with one attached hydrogen (secondary N) is 1. The Morgan fingerprint density at radius 3 is 2.38 bits per heavy atom. The highest BCUT2D eigenvalue weighted by atomic mass is 16.5. The van der Waals surface area contributed by atoms with Gasteiger partial charge in [0.2, 0.25) is 0 Å². The molecule has 3 aromatic carbocycles. The summed E-state index contributed by atoms with van der Waals surface area (Å²) in [7, 11) is 2.34. The fraction of sp³-hybridized carbons (Fsp3) is 0.133. The van der Waals surface area contributed by atoms with Gasteiger partial charge in [-0.3, -0.25) is 9.69 Å². The van der Waals surface area contributed by atoms with Crippen molar-refractivity contribution in [1.29, 1.82) is 5.26 Å². The molecule has 2 aliphatic heterocycles. The van der Waals surface area contributed by atoms with Gasteiger partial charge in [0, 0.05) is 5.69 Å². The highest BCUT2D eigenvalue weighted by Crippen LogP contribution is 2.44. The number of fused-ring (bicyclic) bond motifs is 2. The van der Waals surface area contributed by atoms with Crippen molar-refractivity contribution in [2.75, 3.05) is 24.4 Å². The Bertz CT molecular complexity index is 1670. The van der Waals surface area contributed by atoms with Crippen LogP contribution in [0.15, 0.2) is 89.4 Å². The van der Waals surface area contributed by atoms with E-state index in [1.807, 2.05) is 13.0 Å². The first kappa shape index (κ1) is 26.1. The third kappa shape index (κ3) is 4.29. The summed E-state index contributed by atoms with van der Waals surface area (Å²) < 4.78 is 16.1. The highest BCUT2D eigenvalue weighted by Gasteiger charge is 2.43. The number of ether oxygens (including phenoxy) is 3. The number of carbonyl (C=O) groups excluding carboxylic acids is 3. The SMILES string of the molecule is COC(=O)C1=C(C(=O)OC)N(c2ccc3c(c2)C(=O)Nc2cc(C)ccc2O3)C(N)=C(C#N)C1c1ccccc1. The maximum absolute atomic E-state index is 13.3. The van der Waals surface area contributed by atoms with Crippen molar-refractivity contribution in [1.82, 2.24) is 0 Å². The van der Waals surface area contributed by atoms with Crippen LogP contribution in [0.1, 0.15) is 27.4 Å². The number of allylic oxidation sites excluding steroid dienone is 1. The van der Waals surface area contributed by atoms with Crippen molar-refractivity contribution >= 4 is 29.2 Å². The zero-order chi connectivity index (χ0) is 28.6. The molecule has 2 heterocycles. The molecule has 2 aliphatic rings. The number of amides is 1. The maximum atomic E-state index is 13.3. The van der Waals surface area contributed by atoms with Crippen molar-refractivity contribution in [3.05, 3.63) is 106 Å². The lowest BCUT2D eigenvalue weighted by Gasteiger charge is -2.36. The number of methoxy groups -OCH3 is 2. The average Bonchev–Trinajstić information content (AvgIpc) is 3.10. The van der Waals surface area contributed by atoms with Gasteiger partial charge in [-0.1, -0.05) is 36.4 Å². The summed E-state index contributed by atoms with van der Waals surface area (Å²) in [4.78, 5) is 41.0. The molecule has 1 unspecified atom stereocenters. The first-order valence-electron chi connectivity index (χ1n) is 12.2. The van der Waals surface area contributed by atoms with Gasteiger partial charge in [-0.05, 0) is 48.4 Å². The van der Waals surface area contributed by atoms with Gasteiger partial charge < -0.3 is 25.3 Å². The molecule has 1 amide bonds. The Hall–Kier alpha value is -5.56. The Morgan fingerprint density at radius 1 is 1.00 bits per heavy atom. The third-order valence-corrected chi connectivity index (χ3v) is 6.68. The van der Waals surface area contributed by atoms with Crippen LogP contribution in [0.3, 0.4) is 0 Å². The van der Waals surface area contributed by atoms with Gasteiger partial charge in [0.05, 0.1) is 48.6 Å². The number of nitriles is 1. The molecule has 3 N–H and O–H groups in total. The van der Waals surface area contributed by atoms with Crippen LogP contribution in [0.5, 0.6) is 11.5 Å². The average molecular weight is 537 g/mol. The quantitative estimate of drug-likeness (QED) is 0.468. The summed E-state index contributed by atoms with van der Waals surface area (Å²) in [5.74, 6) is -2.58. The number of hydrogen-bond acceptors (Lipinski definition) is 9. The van der Waals surface area contributed by atoms with Crippen LogP contribution in [0.2, 0.25) is 0 Å². The molecule has 10 nitrogen and oxygen atoms in total. The normalized spacial score (nSPS) is 16.1. The molecule has 0 saturated carbocycles. The summed E-state index contributed by atoms with van der Waals surface area (Å²) in [6.07, 6.45) is 0. The van der Waals surface area contributed by atoms with Crippen molar-refractivity contribution in [3.8, 4) is 17.6 Å². The summed E-state index contributed by atoms with van der Waals surface area (Å²) in [5.41, 5.74) is 8.54. The van der Waals surface area contributed by atoms with Gasteiger partial charge in [-0.15, -0.1) is 0 Å². The first-order valence-corrected chi connectivity index (χ1v) is 12.2. The van der Waals surface area contributed by atoms with E-state index in [2.05, 4.69) is 11.4 Å². The van der Waals surface area contributed by atoms with E-state index in [0.717, 1.165) is 12.7 Å². The van der Waals surface area contributed by atoms with Crippen LogP contribution in [0.25, 0.3) is 0 Å². The van der Waals surface area contributed by atoms with E-state index in [1.54, 1.807) is 54.6 Å². The van der Waals surface area contributed by atoms with Crippen molar-refractivity contribution in [3.63, 3.8) is 0 Å². The molecule has 3 aromatic rings. The minimum atomic E-state index is -1.01. The Labute approximate surface area is 229 Å². The second kappa shape index (κ2) is 10.3. The van der Waals surface area contributed by atoms with E-state index < -0.39 is 23.8 Å². The number of anilines is 2. The maximum Gasteiger partial charge on any atom is 0.355 e. The largest absolute Gasteiger partial charge is 0.466 e. The summed E-state index contributed by atoms with van der Waals surface area (Å²) in [6, 6.07) is 20.8. The van der Waals surface area contributed by atoms with Crippen LogP contribution in [-0.4, -0.2) is 32.1 Å². The molecule has 0 saturated heterocycles. The topological polar surface area (TPSA) is 144 Å². The number of aryl methyl sites for hydroxylation is 1. The monoisotopic (exact) mass is 536 g/mol. The zero-order valence-corrected chi connectivity index (χ0v) is 21.8. The van der Waals surface area contributed by atoms with Gasteiger partial charge in [0.15, 0.2) is 5.75 Å². The predicted octanol–water partition coefficient (Wildman–Crippen LogP) is 4.25. The minimum Gasteiger partial charge on any atom is -0.466 e. The minimum absolute atomic E-state index is 0.0118. The lowest BCUT2D eigenvalue weighted by molar-refractivity contribution is -0.139. The highest BCUT2D eigenvalue weighted by molar-refractivity contribution is 6.10. The summed E-state index contributed by atoms with van der Waals surface area (Å²) >= 11 is 0. The molecule has 1 atom stereocenters. The standard InChI is InChI=1S/C30H24N4O6/c1-16-9-11-23-21(13-16)33-28(35)19-14-18(10-12-22(19)40-23)34-26(30(37)39-3)25(29(36)38-2)24(20(15-31)27(34)32)17-7-5-4-6-8-17/h4-14,24H,32H2,1-3H3,(H,33,35). The molecule has 5 rings (SSSR count). The number of esters is 2. The predicted molar refractivity (Wildman–Crippen MR) is 145 cm³/mol. The fourth-order valence-electron chi connectivity index (χ4n) is 4.84. The molecule has 0 spiro atoms. The molecular formula is C30H24N4O6. The van der Waals surface area contributed by atoms with E-state index in [0.29, 0.717) is 17.0 Å². The van der Waals surface area contributed by atoms with E-state index in [9.17, 15) is 19.6 Å². The Balaban J connectivity index is 1.73. The zero-order valence-electron chi connectivity index (χ0n) is 21.8. The van der Waals surface area contributed by atoms with Gasteiger partial charge in [0.1, 0.15) is 17.3 Å². The van der Waals surface area contributed by atoms with Crippen LogP contribution < -0.4 is 20.7 Å². The molecule has 0 aromatic heterocycles. The third-order valence-electron chi connectivity index (χ3n) is 6.68. The second-order valence-electron chi connectivity index (χ2n) is 9.07. The van der Waals surface area contributed by atoms with E-state index in [-0.39, 0.29) is 39.7 Å². The number of hydrogen-bond donors (Lipinski definition) is 2. The van der Waals surface area contributed by atoms with Gasteiger partial charge in [-0.2, -0.15) is 5.26 Å². The Morgan fingerprint density at radius 2 is 1.70 bits per heavy atom. The second-order valence-corrected chi connectivity index (χ2v) is 9.07. The Kier molecular flexibility index (Phi) is 6.71. The number of nitrogens with zero attached hydrogens (tertiary/aromatic N) is 2. The van der Waals surface area contributed by atoms with Crippen LogP contribution >= 0.6 is 0 Å². The molecule has 0 radical (unpaired) electrons.